The van der Waals surface area contributed by atoms with Crippen LogP contribution in [0.25, 0.3) is 16.9 Å². The molecular weight excluding hydrogens is 542 g/mol. The molecule has 202 valence electrons. The normalized spacial score (nSPS) is 19.2. The number of rotatable bonds is 5. The van der Waals surface area contributed by atoms with E-state index in [0.29, 0.717) is 36.0 Å². The van der Waals surface area contributed by atoms with Crippen molar-refractivity contribution in [1.82, 2.24) is 39.3 Å². The molecule has 0 amide bonds. The summed E-state index contributed by atoms with van der Waals surface area (Å²) in [5.41, 5.74) is -2.07. The second-order valence-electron chi connectivity index (χ2n) is 8.79. The highest BCUT2D eigenvalue weighted by atomic mass is 32.2. The van der Waals surface area contributed by atoms with Crippen molar-refractivity contribution in [2.45, 2.75) is 55.0 Å². The molecule has 1 aliphatic rings. The van der Waals surface area contributed by atoms with Crippen molar-refractivity contribution in [2.75, 3.05) is 0 Å². The maximum atomic E-state index is 13.7. The Kier molecular flexibility index (Phi) is 6.37. The summed E-state index contributed by atoms with van der Waals surface area (Å²) in [5.74, 6) is -1.48. The molecule has 1 saturated carbocycles. The fourth-order valence-corrected chi connectivity index (χ4v) is 5.70. The molecule has 17 heteroatoms. The predicted molar refractivity (Wildman–Crippen MR) is 118 cm³/mol. The van der Waals surface area contributed by atoms with Crippen LogP contribution >= 0.6 is 0 Å². The number of aromatic nitrogens is 7. The Hall–Kier alpha value is -3.60. The van der Waals surface area contributed by atoms with Gasteiger partial charge in [0.1, 0.15) is 12.7 Å². The summed E-state index contributed by atoms with van der Waals surface area (Å²) in [6, 6.07) is 3.74. The zero-order chi connectivity index (χ0) is 27.3. The highest BCUT2D eigenvalue weighted by molar-refractivity contribution is 7.89. The average Bonchev–Trinajstić information content (AvgIpc) is 3.53. The topological polar surface area (TPSA) is 120 Å². The fourth-order valence-electron chi connectivity index (χ4n) is 4.35. The molecule has 0 spiro atoms. The van der Waals surface area contributed by atoms with Crippen LogP contribution in [0.3, 0.4) is 0 Å². The minimum Gasteiger partial charge on any atom is -0.317 e. The van der Waals surface area contributed by atoms with Gasteiger partial charge in [0.05, 0.1) is 16.2 Å². The lowest BCUT2D eigenvalue weighted by atomic mass is 9.91. The minimum absolute atomic E-state index is 0.0799. The fraction of sp³-hybridized carbons (Fsp3) is 0.381. The Balaban J connectivity index is 1.49. The zero-order valence-corrected chi connectivity index (χ0v) is 20.0. The van der Waals surface area contributed by atoms with Crippen molar-refractivity contribution in [3.05, 3.63) is 54.4 Å². The lowest BCUT2D eigenvalue weighted by Crippen LogP contribution is -2.38. The van der Waals surface area contributed by atoms with Gasteiger partial charge in [0, 0.05) is 17.6 Å². The second-order valence-corrected chi connectivity index (χ2v) is 10.5. The third-order valence-corrected chi connectivity index (χ3v) is 7.63. The van der Waals surface area contributed by atoms with E-state index in [1.54, 1.807) is 4.57 Å². The van der Waals surface area contributed by atoms with Crippen LogP contribution in [0.2, 0.25) is 0 Å². The lowest BCUT2D eigenvalue weighted by molar-refractivity contribution is -0.144. The van der Waals surface area contributed by atoms with E-state index >= 15 is 0 Å². The Morgan fingerprint density at radius 1 is 0.921 bits per heavy atom. The molecule has 1 aliphatic carbocycles. The SMILES string of the molecule is O=S(=O)(NC1CCCC(n2cnnc2)C1)c1cc(-c2ccc3nc(C(F)(F)F)nn3n2)cc(C(F)(F)F)c1. The number of halogens is 6. The van der Waals surface area contributed by atoms with Gasteiger partial charge in [-0.2, -0.15) is 26.3 Å². The Morgan fingerprint density at radius 3 is 2.34 bits per heavy atom. The first-order valence-corrected chi connectivity index (χ1v) is 12.7. The molecule has 1 fully saturated rings. The monoisotopic (exact) mass is 560 g/mol. The zero-order valence-electron chi connectivity index (χ0n) is 19.1. The Bertz CT molecular complexity index is 1570. The van der Waals surface area contributed by atoms with Gasteiger partial charge < -0.3 is 4.57 Å². The van der Waals surface area contributed by atoms with Gasteiger partial charge in [-0.3, -0.25) is 0 Å². The molecule has 1 N–H and O–H groups in total. The van der Waals surface area contributed by atoms with E-state index in [1.165, 1.54) is 12.7 Å². The summed E-state index contributed by atoms with van der Waals surface area (Å²) in [7, 11) is -4.42. The average molecular weight is 560 g/mol. The lowest BCUT2D eigenvalue weighted by Gasteiger charge is -2.30. The maximum Gasteiger partial charge on any atom is 0.453 e. The van der Waals surface area contributed by atoms with Gasteiger partial charge in [0.25, 0.3) is 5.82 Å². The van der Waals surface area contributed by atoms with Crippen molar-refractivity contribution >= 4 is 15.7 Å². The van der Waals surface area contributed by atoms with Crippen LogP contribution in [-0.4, -0.2) is 49.0 Å². The van der Waals surface area contributed by atoms with Gasteiger partial charge in [-0.1, -0.05) is 0 Å². The molecule has 10 nitrogen and oxygen atoms in total. The highest BCUT2D eigenvalue weighted by Crippen LogP contribution is 2.35. The smallest absolute Gasteiger partial charge is 0.317 e. The maximum absolute atomic E-state index is 13.7. The van der Waals surface area contributed by atoms with E-state index in [-0.39, 0.29) is 22.9 Å². The van der Waals surface area contributed by atoms with Crippen molar-refractivity contribution < 1.29 is 34.8 Å². The molecule has 0 aliphatic heterocycles. The van der Waals surface area contributed by atoms with E-state index < -0.39 is 44.7 Å². The number of hydrogen-bond acceptors (Lipinski definition) is 7. The van der Waals surface area contributed by atoms with E-state index in [1.807, 2.05) is 0 Å². The number of nitrogens with one attached hydrogen (secondary N) is 1. The molecule has 3 heterocycles. The van der Waals surface area contributed by atoms with E-state index in [0.717, 1.165) is 24.6 Å². The van der Waals surface area contributed by atoms with Gasteiger partial charge >= 0.3 is 12.4 Å². The molecule has 0 radical (unpaired) electrons. The van der Waals surface area contributed by atoms with Crippen LogP contribution in [0.15, 0.2) is 47.9 Å². The minimum atomic E-state index is -4.91. The summed E-state index contributed by atoms with van der Waals surface area (Å²) >= 11 is 0. The predicted octanol–water partition coefficient (Wildman–Crippen LogP) is 3.88. The highest BCUT2D eigenvalue weighted by Gasteiger charge is 2.37. The molecule has 0 bridgehead atoms. The van der Waals surface area contributed by atoms with Gasteiger partial charge in [0.15, 0.2) is 5.65 Å². The Morgan fingerprint density at radius 2 is 1.66 bits per heavy atom. The van der Waals surface area contributed by atoms with Crippen molar-refractivity contribution in [3.8, 4) is 11.3 Å². The molecule has 5 rings (SSSR count). The number of hydrogen-bond donors (Lipinski definition) is 1. The van der Waals surface area contributed by atoms with Crippen molar-refractivity contribution in [1.29, 1.82) is 0 Å². The van der Waals surface area contributed by atoms with Crippen LogP contribution in [0.4, 0.5) is 26.3 Å². The largest absolute Gasteiger partial charge is 0.453 e. The summed E-state index contributed by atoms with van der Waals surface area (Å²) in [4.78, 5) is 2.63. The molecule has 2 unspecified atom stereocenters. The summed E-state index contributed by atoms with van der Waals surface area (Å²) in [6.45, 7) is 0. The molecule has 0 saturated heterocycles. The molecule has 2 atom stereocenters. The summed E-state index contributed by atoms with van der Waals surface area (Å²) in [5, 5.41) is 14.5. The van der Waals surface area contributed by atoms with Gasteiger partial charge in [-0.15, -0.1) is 25.0 Å². The molecule has 4 aromatic rings. The molecule has 3 aromatic heterocycles. The number of alkyl halides is 6. The number of nitrogens with zero attached hydrogens (tertiary/aromatic N) is 7. The van der Waals surface area contributed by atoms with Crippen LogP contribution in [0.5, 0.6) is 0 Å². The first-order chi connectivity index (χ1) is 17.8. The van der Waals surface area contributed by atoms with Crippen LogP contribution < -0.4 is 4.72 Å². The third kappa shape index (κ3) is 5.33. The molecule has 1 aromatic carbocycles. The van der Waals surface area contributed by atoms with Crippen LogP contribution in [0, 0.1) is 0 Å². The number of benzene rings is 1. The van der Waals surface area contributed by atoms with Crippen molar-refractivity contribution in [2.24, 2.45) is 0 Å². The molecule has 38 heavy (non-hydrogen) atoms. The first-order valence-electron chi connectivity index (χ1n) is 11.2. The van der Waals surface area contributed by atoms with E-state index in [2.05, 4.69) is 30.1 Å². The summed E-state index contributed by atoms with van der Waals surface area (Å²) in [6.07, 6.45) is -4.45. The van der Waals surface area contributed by atoms with Crippen LogP contribution in [0.1, 0.15) is 43.1 Å². The number of fused-ring (bicyclic) bond motifs is 1. The summed E-state index contributed by atoms with van der Waals surface area (Å²) < 4.78 is 111. The van der Waals surface area contributed by atoms with Crippen LogP contribution in [-0.2, 0) is 22.4 Å². The van der Waals surface area contributed by atoms with Gasteiger partial charge in [-0.05, 0) is 56.0 Å². The third-order valence-electron chi connectivity index (χ3n) is 6.13. The number of sulfonamides is 1. The molecular formula is C21H18F6N8O2S. The van der Waals surface area contributed by atoms with Crippen molar-refractivity contribution in [3.63, 3.8) is 0 Å². The van der Waals surface area contributed by atoms with E-state index in [4.69, 9.17) is 0 Å². The van der Waals surface area contributed by atoms with Gasteiger partial charge in [0.2, 0.25) is 10.0 Å². The standard InChI is InChI=1S/C21H18F6N8O2S/c22-20(23,24)13-6-12(17-4-5-18-30-19(21(25,26)27)32-35(18)31-17)7-16(8-13)38(36,37)33-14-2-1-3-15(9-14)34-10-28-29-11-34/h4-8,10-11,14-15,33H,1-3,9H2. The van der Waals surface area contributed by atoms with E-state index in [9.17, 15) is 34.8 Å². The quantitative estimate of drug-likeness (QED) is 0.368. The Labute approximate surface area is 210 Å². The first kappa shape index (κ1) is 26.0. The second kappa shape index (κ2) is 9.30. The van der Waals surface area contributed by atoms with Gasteiger partial charge in [-0.25, -0.2) is 18.1 Å².